The van der Waals surface area contributed by atoms with Gasteiger partial charge in [0.05, 0.1) is 11.1 Å². The van der Waals surface area contributed by atoms with Crippen LogP contribution in [-0.4, -0.2) is 34.3 Å². The molecule has 1 spiro atoms. The molecule has 0 aromatic heterocycles. The first-order chi connectivity index (χ1) is 9.55. The normalized spacial score (nSPS) is 19.1. The van der Waals surface area contributed by atoms with Gasteiger partial charge < -0.3 is 10.0 Å². The van der Waals surface area contributed by atoms with Crippen LogP contribution in [0.25, 0.3) is 0 Å². The minimum absolute atomic E-state index is 0.0169. The number of benzene rings is 1. The second-order valence-corrected chi connectivity index (χ2v) is 5.61. The minimum Gasteiger partial charge on any atom is -0.507 e. The van der Waals surface area contributed by atoms with Gasteiger partial charge in [-0.1, -0.05) is 0 Å². The van der Waals surface area contributed by atoms with E-state index in [1.807, 2.05) is 6.07 Å². The first-order valence-corrected chi connectivity index (χ1v) is 7.25. The summed E-state index contributed by atoms with van der Waals surface area (Å²) < 4.78 is 0. The van der Waals surface area contributed by atoms with Crippen LogP contribution in [-0.2, 0) is 5.54 Å². The summed E-state index contributed by atoms with van der Waals surface area (Å²) in [5.41, 5.74) is 1.87. The van der Waals surface area contributed by atoms with Gasteiger partial charge in [0.15, 0.2) is 5.84 Å². The molecule has 2 aliphatic rings. The zero-order valence-electron chi connectivity index (χ0n) is 12.0. The summed E-state index contributed by atoms with van der Waals surface area (Å²) in [6.45, 7) is 5.88. The van der Waals surface area contributed by atoms with E-state index in [-0.39, 0.29) is 11.6 Å². The van der Waals surface area contributed by atoms with Crippen molar-refractivity contribution in [2.45, 2.75) is 38.6 Å². The van der Waals surface area contributed by atoms with Crippen LogP contribution in [0, 0.1) is 5.41 Å². The Morgan fingerprint density at radius 3 is 2.45 bits per heavy atom. The second-order valence-electron chi connectivity index (χ2n) is 5.61. The molecule has 1 aliphatic carbocycles. The number of fused-ring (bicyclic) bond motifs is 2. The fraction of sp³-hybridized carbons (Fsp3) is 0.533. The van der Waals surface area contributed by atoms with Crippen molar-refractivity contribution < 1.29 is 10.3 Å². The number of aromatic hydroxyl groups is 1. The van der Waals surface area contributed by atoms with Gasteiger partial charge in [-0.15, -0.1) is 0 Å². The fourth-order valence-corrected chi connectivity index (χ4v) is 3.43. The zero-order valence-corrected chi connectivity index (χ0v) is 12.0. The van der Waals surface area contributed by atoms with Crippen molar-refractivity contribution in [3.8, 4) is 5.75 Å². The Bertz CT molecular complexity index is 562. The molecule has 3 rings (SSSR count). The largest absolute Gasteiger partial charge is 0.507 e. The van der Waals surface area contributed by atoms with E-state index >= 15 is 0 Å². The van der Waals surface area contributed by atoms with Crippen molar-refractivity contribution in [1.82, 2.24) is 5.06 Å². The van der Waals surface area contributed by atoms with E-state index in [1.54, 1.807) is 6.07 Å². The van der Waals surface area contributed by atoms with Gasteiger partial charge in [0, 0.05) is 24.8 Å². The van der Waals surface area contributed by atoms with Crippen molar-refractivity contribution >= 4 is 11.5 Å². The van der Waals surface area contributed by atoms with Crippen LogP contribution in [0.15, 0.2) is 12.1 Å². The SMILES string of the molecule is CCN(CC)c1cc(O)c2c(c1)C1(CCC1)N(O)C2=N. The maximum absolute atomic E-state index is 10.3. The topological polar surface area (TPSA) is 70.8 Å². The highest BCUT2D eigenvalue weighted by Crippen LogP contribution is 2.54. The number of anilines is 1. The van der Waals surface area contributed by atoms with E-state index in [2.05, 4.69) is 18.7 Å². The van der Waals surface area contributed by atoms with Crippen molar-refractivity contribution in [1.29, 1.82) is 5.41 Å². The number of hydrogen-bond donors (Lipinski definition) is 3. The lowest BCUT2D eigenvalue weighted by atomic mass is 9.72. The molecule has 1 heterocycles. The summed E-state index contributed by atoms with van der Waals surface area (Å²) in [7, 11) is 0. The molecule has 0 radical (unpaired) electrons. The molecule has 1 aromatic rings. The molecule has 0 amide bonds. The number of rotatable bonds is 3. The Morgan fingerprint density at radius 2 is 1.95 bits per heavy atom. The Morgan fingerprint density at radius 1 is 1.30 bits per heavy atom. The van der Waals surface area contributed by atoms with Crippen LogP contribution in [0.3, 0.4) is 0 Å². The molecule has 0 bridgehead atoms. The Balaban J connectivity index is 2.16. The van der Waals surface area contributed by atoms with Gasteiger partial charge in [0.2, 0.25) is 0 Å². The first-order valence-electron chi connectivity index (χ1n) is 7.25. The molecule has 1 aromatic carbocycles. The van der Waals surface area contributed by atoms with Crippen molar-refractivity contribution in [2.24, 2.45) is 0 Å². The number of hydrogen-bond acceptors (Lipinski definition) is 4. The lowest BCUT2D eigenvalue weighted by Crippen LogP contribution is -2.46. The third kappa shape index (κ3) is 1.50. The lowest BCUT2D eigenvalue weighted by molar-refractivity contribution is -0.138. The van der Waals surface area contributed by atoms with Gasteiger partial charge in [0.25, 0.3) is 0 Å². The maximum Gasteiger partial charge on any atom is 0.157 e. The molecule has 108 valence electrons. The summed E-state index contributed by atoms with van der Waals surface area (Å²) in [5, 5.41) is 29.6. The average molecular weight is 275 g/mol. The number of amidine groups is 1. The maximum atomic E-state index is 10.3. The molecule has 3 N–H and O–H groups in total. The average Bonchev–Trinajstić information content (AvgIpc) is 2.60. The molecule has 0 saturated heterocycles. The summed E-state index contributed by atoms with van der Waals surface area (Å²) in [4.78, 5) is 2.16. The number of nitrogens with zero attached hydrogens (tertiary/aromatic N) is 2. The summed E-state index contributed by atoms with van der Waals surface area (Å²) in [6, 6.07) is 3.73. The van der Waals surface area contributed by atoms with Gasteiger partial charge in [0.1, 0.15) is 5.75 Å². The molecule has 5 heteroatoms. The molecular formula is C15H21N3O2. The highest BCUT2D eigenvalue weighted by molar-refractivity contribution is 6.04. The van der Waals surface area contributed by atoms with Crippen molar-refractivity contribution in [2.75, 3.05) is 18.0 Å². The fourth-order valence-electron chi connectivity index (χ4n) is 3.43. The van der Waals surface area contributed by atoms with Gasteiger partial charge in [-0.05, 0) is 44.7 Å². The molecular weight excluding hydrogens is 254 g/mol. The van der Waals surface area contributed by atoms with Gasteiger partial charge in [-0.25, -0.2) is 5.06 Å². The molecule has 0 atom stereocenters. The predicted octanol–water partition coefficient (Wildman–Crippen LogP) is 2.65. The smallest absolute Gasteiger partial charge is 0.157 e. The standard InChI is InChI=1S/C15H21N3O2/c1-3-17(4-2)10-8-11-13(12(19)9-10)14(16)18(20)15(11)6-5-7-15/h8-9,16,19-20H,3-7H2,1-2H3. The van der Waals surface area contributed by atoms with Gasteiger partial charge in [-0.2, -0.15) is 0 Å². The monoisotopic (exact) mass is 275 g/mol. The molecule has 1 saturated carbocycles. The van der Waals surface area contributed by atoms with E-state index in [9.17, 15) is 10.3 Å². The lowest BCUT2D eigenvalue weighted by Gasteiger charge is -2.43. The van der Waals surface area contributed by atoms with Crippen LogP contribution in [0.1, 0.15) is 44.2 Å². The highest BCUT2D eigenvalue weighted by atomic mass is 16.5. The van der Waals surface area contributed by atoms with E-state index in [0.29, 0.717) is 5.56 Å². The number of phenolic OH excluding ortho intramolecular Hbond substituents is 1. The quantitative estimate of drug-likeness (QED) is 0.793. The van der Waals surface area contributed by atoms with Crippen LogP contribution >= 0.6 is 0 Å². The molecule has 1 aliphatic heterocycles. The van der Waals surface area contributed by atoms with E-state index in [4.69, 9.17) is 5.41 Å². The minimum atomic E-state index is -0.479. The number of nitrogens with one attached hydrogen (secondary N) is 1. The summed E-state index contributed by atoms with van der Waals surface area (Å²) >= 11 is 0. The van der Waals surface area contributed by atoms with Crippen molar-refractivity contribution in [3.63, 3.8) is 0 Å². The summed E-state index contributed by atoms with van der Waals surface area (Å²) in [5.74, 6) is 0.112. The van der Waals surface area contributed by atoms with E-state index < -0.39 is 5.54 Å². The third-order valence-corrected chi connectivity index (χ3v) is 4.77. The number of hydroxylamine groups is 2. The molecule has 5 nitrogen and oxygen atoms in total. The van der Waals surface area contributed by atoms with Gasteiger partial charge in [-0.3, -0.25) is 10.6 Å². The summed E-state index contributed by atoms with van der Waals surface area (Å²) in [6.07, 6.45) is 2.71. The predicted molar refractivity (Wildman–Crippen MR) is 77.7 cm³/mol. The first kappa shape index (κ1) is 13.2. The van der Waals surface area contributed by atoms with Crippen LogP contribution in [0.4, 0.5) is 5.69 Å². The highest BCUT2D eigenvalue weighted by Gasteiger charge is 2.53. The Kier molecular flexibility index (Phi) is 2.90. The Labute approximate surface area is 118 Å². The number of phenols is 1. The van der Waals surface area contributed by atoms with Crippen LogP contribution < -0.4 is 4.90 Å². The van der Waals surface area contributed by atoms with Crippen LogP contribution in [0.5, 0.6) is 5.75 Å². The van der Waals surface area contributed by atoms with Crippen molar-refractivity contribution in [3.05, 3.63) is 23.3 Å². The van der Waals surface area contributed by atoms with Gasteiger partial charge >= 0.3 is 0 Å². The third-order valence-electron chi connectivity index (χ3n) is 4.77. The molecule has 20 heavy (non-hydrogen) atoms. The zero-order chi connectivity index (χ0) is 14.5. The molecule has 1 fully saturated rings. The molecule has 0 unspecified atom stereocenters. The van der Waals surface area contributed by atoms with E-state index in [1.165, 1.54) is 0 Å². The van der Waals surface area contributed by atoms with E-state index in [0.717, 1.165) is 48.7 Å². The Hall–Kier alpha value is -1.75. The second kappa shape index (κ2) is 4.38. The van der Waals surface area contributed by atoms with Crippen LogP contribution in [0.2, 0.25) is 0 Å².